The summed E-state index contributed by atoms with van der Waals surface area (Å²) in [6.07, 6.45) is 0.369. The third-order valence-electron chi connectivity index (χ3n) is 3.55. The van der Waals surface area contributed by atoms with Crippen molar-refractivity contribution in [2.75, 3.05) is 12.4 Å². The van der Waals surface area contributed by atoms with Gasteiger partial charge in [0.05, 0.1) is 7.11 Å². The summed E-state index contributed by atoms with van der Waals surface area (Å²) in [5.41, 5.74) is 3.74. The number of benzene rings is 2. The molecule has 126 valence electrons. The van der Waals surface area contributed by atoms with Crippen LogP contribution in [0.15, 0.2) is 48.5 Å². The van der Waals surface area contributed by atoms with Crippen LogP contribution in [-0.2, 0) is 16.0 Å². The Balaban J connectivity index is 2.05. The topological polar surface area (TPSA) is 67.4 Å². The first-order chi connectivity index (χ1) is 11.5. The highest BCUT2D eigenvalue weighted by molar-refractivity contribution is 5.92. The summed E-state index contributed by atoms with van der Waals surface area (Å²) in [6, 6.07) is 14.1. The van der Waals surface area contributed by atoms with Crippen LogP contribution in [0.5, 0.6) is 0 Å². The second-order valence-corrected chi connectivity index (χ2v) is 5.74. The van der Waals surface area contributed by atoms with Crippen molar-refractivity contribution in [3.8, 4) is 0 Å². The molecule has 2 aromatic rings. The fourth-order valence-corrected chi connectivity index (χ4v) is 2.56. The number of rotatable bonds is 5. The van der Waals surface area contributed by atoms with Crippen LogP contribution in [0.3, 0.4) is 0 Å². The molecule has 2 aromatic carbocycles. The minimum atomic E-state index is -0.747. The number of aryl methyl sites for hydroxylation is 2. The summed E-state index contributed by atoms with van der Waals surface area (Å²) >= 11 is 0. The van der Waals surface area contributed by atoms with Gasteiger partial charge in [-0.15, -0.1) is 0 Å². The molecule has 0 aliphatic rings. The van der Waals surface area contributed by atoms with Gasteiger partial charge in [0.25, 0.3) is 0 Å². The summed E-state index contributed by atoms with van der Waals surface area (Å²) in [5, 5.41) is 5.44. The number of methoxy groups -OCH3 is 1. The maximum absolute atomic E-state index is 12.2. The molecule has 0 aliphatic carbocycles. The van der Waals surface area contributed by atoms with E-state index in [4.69, 9.17) is 4.74 Å². The molecule has 0 aromatic heterocycles. The molecule has 0 aliphatic heterocycles. The van der Waals surface area contributed by atoms with Gasteiger partial charge in [-0.3, -0.25) is 0 Å². The fourth-order valence-electron chi connectivity index (χ4n) is 2.56. The van der Waals surface area contributed by atoms with Crippen molar-refractivity contribution in [1.82, 2.24) is 5.32 Å². The Morgan fingerprint density at radius 1 is 1.04 bits per heavy atom. The molecule has 0 radical (unpaired) electrons. The van der Waals surface area contributed by atoms with Gasteiger partial charge in [0, 0.05) is 12.1 Å². The van der Waals surface area contributed by atoms with Crippen molar-refractivity contribution < 1.29 is 14.3 Å². The second-order valence-electron chi connectivity index (χ2n) is 5.74. The molecule has 0 heterocycles. The molecule has 2 N–H and O–H groups in total. The van der Waals surface area contributed by atoms with Crippen LogP contribution >= 0.6 is 0 Å². The van der Waals surface area contributed by atoms with Gasteiger partial charge in [-0.2, -0.15) is 0 Å². The van der Waals surface area contributed by atoms with Crippen LogP contribution in [0.25, 0.3) is 0 Å². The molecule has 5 nitrogen and oxygen atoms in total. The average molecular weight is 326 g/mol. The quantitative estimate of drug-likeness (QED) is 0.829. The Bertz CT molecular complexity index is 694. The lowest BCUT2D eigenvalue weighted by Gasteiger charge is -2.17. The van der Waals surface area contributed by atoms with Crippen LogP contribution in [0.4, 0.5) is 10.5 Å². The van der Waals surface area contributed by atoms with Gasteiger partial charge in [0.2, 0.25) is 0 Å². The minimum absolute atomic E-state index is 0.369. The number of nitrogens with one attached hydrogen (secondary N) is 2. The summed E-state index contributed by atoms with van der Waals surface area (Å²) in [4.78, 5) is 24.2. The Hall–Kier alpha value is -2.82. The van der Waals surface area contributed by atoms with Gasteiger partial charge < -0.3 is 15.4 Å². The Labute approximate surface area is 142 Å². The third-order valence-corrected chi connectivity index (χ3v) is 3.55. The predicted molar refractivity (Wildman–Crippen MR) is 94.0 cm³/mol. The third kappa shape index (κ3) is 5.12. The van der Waals surface area contributed by atoms with Gasteiger partial charge in [-0.05, 0) is 42.7 Å². The summed E-state index contributed by atoms with van der Waals surface area (Å²) < 4.78 is 4.79. The first kappa shape index (κ1) is 17.5. The normalized spacial score (nSPS) is 11.5. The van der Waals surface area contributed by atoms with Gasteiger partial charge in [0.15, 0.2) is 0 Å². The largest absolute Gasteiger partial charge is 0.467 e. The zero-order chi connectivity index (χ0) is 17.5. The molecular formula is C19H22N2O3. The van der Waals surface area contributed by atoms with Crippen LogP contribution < -0.4 is 10.6 Å². The molecule has 2 rings (SSSR count). The van der Waals surface area contributed by atoms with Crippen molar-refractivity contribution in [1.29, 1.82) is 0 Å². The molecule has 5 heteroatoms. The number of urea groups is 1. The zero-order valence-electron chi connectivity index (χ0n) is 14.1. The molecule has 0 saturated carbocycles. The van der Waals surface area contributed by atoms with E-state index in [0.717, 1.165) is 16.7 Å². The fraction of sp³-hybridized carbons (Fsp3) is 0.263. The highest BCUT2D eigenvalue weighted by Gasteiger charge is 2.22. The first-order valence-electron chi connectivity index (χ1n) is 7.75. The molecule has 0 spiro atoms. The number of esters is 1. The Morgan fingerprint density at radius 3 is 2.25 bits per heavy atom. The number of hydrogen-bond acceptors (Lipinski definition) is 3. The van der Waals surface area contributed by atoms with E-state index in [-0.39, 0.29) is 0 Å². The van der Waals surface area contributed by atoms with Crippen LogP contribution in [-0.4, -0.2) is 25.2 Å². The molecular weight excluding hydrogens is 304 g/mol. The number of anilines is 1. The monoisotopic (exact) mass is 326 g/mol. The lowest BCUT2D eigenvalue weighted by molar-refractivity contribution is -0.142. The maximum atomic E-state index is 12.2. The molecule has 1 atom stereocenters. The average Bonchev–Trinajstić information content (AvgIpc) is 2.53. The Morgan fingerprint density at radius 2 is 1.67 bits per heavy atom. The summed E-state index contributed by atoms with van der Waals surface area (Å²) in [7, 11) is 1.31. The SMILES string of the molecule is COC(=O)C(Cc1ccccc1)NC(=O)Nc1cc(C)cc(C)c1. The number of carbonyl (C=O) groups is 2. The van der Waals surface area contributed by atoms with E-state index >= 15 is 0 Å². The molecule has 24 heavy (non-hydrogen) atoms. The second kappa shape index (κ2) is 8.15. The lowest BCUT2D eigenvalue weighted by atomic mass is 10.1. The molecule has 2 amide bonds. The smallest absolute Gasteiger partial charge is 0.328 e. The van der Waals surface area contributed by atoms with Gasteiger partial charge in [0.1, 0.15) is 6.04 Å². The minimum Gasteiger partial charge on any atom is -0.467 e. The number of amides is 2. The van der Waals surface area contributed by atoms with E-state index in [2.05, 4.69) is 10.6 Å². The van der Waals surface area contributed by atoms with Crippen LogP contribution in [0.2, 0.25) is 0 Å². The van der Waals surface area contributed by atoms with Crippen molar-refractivity contribution in [3.05, 3.63) is 65.2 Å². The summed E-state index contributed by atoms with van der Waals surface area (Å²) in [5.74, 6) is -0.477. The molecule has 0 bridgehead atoms. The van der Waals surface area contributed by atoms with Gasteiger partial charge in [-0.1, -0.05) is 36.4 Å². The molecule has 0 saturated heterocycles. The summed E-state index contributed by atoms with van der Waals surface area (Å²) in [6.45, 7) is 3.92. The number of carbonyl (C=O) groups excluding carboxylic acids is 2. The predicted octanol–water partition coefficient (Wildman–Crippen LogP) is 3.21. The van der Waals surface area contributed by atoms with E-state index in [1.807, 2.05) is 62.4 Å². The van der Waals surface area contributed by atoms with Crippen molar-refractivity contribution in [3.63, 3.8) is 0 Å². The van der Waals surface area contributed by atoms with E-state index in [9.17, 15) is 9.59 Å². The van der Waals surface area contributed by atoms with Gasteiger partial charge >= 0.3 is 12.0 Å². The number of hydrogen-bond donors (Lipinski definition) is 2. The highest BCUT2D eigenvalue weighted by atomic mass is 16.5. The standard InChI is InChI=1S/C19H22N2O3/c1-13-9-14(2)11-16(10-13)20-19(23)21-17(18(22)24-3)12-15-7-5-4-6-8-15/h4-11,17H,12H2,1-3H3,(H2,20,21,23). The number of ether oxygens (including phenoxy) is 1. The van der Waals surface area contributed by atoms with Crippen molar-refractivity contribution >= 4 is 17.7 Å². The van der Waals surface area contributed by atoms with Gasteiger partial charge in [-0.25, -0.2) is 9.59 Å². The van der Waals surface area contributed by atoms with E-state index < -0.39 is 18.0 Å². The van der Waals surface area contributed by atoms with E-state index in [1.54, 1.807) is 0 Å². The van der Waals surface area contributed by atoms with E-state index in [0.29, 0.717) is 12.1 Å². The van der Waals surface area contributed by atoms with Crippen LogP contribution in [0, 0.1) is 13.8 Å². The maximum Gasteiger partial charge on any atom is 0.328 e. The first-order valence-corrected chi connectivity index (χ1v) is 7.75. The molecule has 0 fully saturated rings. The zero-order valence-corrected chi connectivity index (χ0v) is 14.1. The van der Waals surface area contributed by atoms with E-state index in [1.165, 1.54) is 7.11 Å². The van der Waals surface area contributed by atoms with Crippen molar-refractivity contribution in [2.24, 2.45) is 0 Å². The van der Waals surface area contributed by atoms with Crippen molar-refractivity contribution in [2.45, 2.75) is 26.3 Å². The lowest BCUT2D eigenvalue weighted by Crippen LogP contribution is -2.45. The highest BCUT2D eigenvalue weighted by Crippen LogP contribution is 2.13. The Kier molecular flexibility index (Phi) is 5.95. The van der Waals surface area contributed by atoms with Crippen LogP contribution in [0.1, 0.15) is 16.7 Å². The molecule has 1 unspecified atom stereocenters.